The van der Waals surface area contributed by atoms with E-state index in [1.807, 2.05) is 0 Å². The van der Waals surface area contributed by atoms with Crippen molar-refractivity contribution in [2.45, 2.75) is 0 Å². The fourth-order valence-corrected chi connectivity index (χ4v) is 1.81. The topological polar surface area (TPSA) is 85.1 Å². The van der Waals surface area contributed by atoms with Crippen molar-refractivity contribution in [3.05, 3.63) is 62.6 Å². The molecule has 0 aliphatic heterocycles. The van der Waals surface area contributed by atoms with E-state index < -0.39 is 16.8 Å². The molecule has 0 unspecified atom stereocenters. The van der Waals surface area contributed by atoms with Crippen LogP contribution in [-0.4, -0.2) is 15.8 Å². The third-order valence-electron chi connectivity index (χ3n) is 2.41. The first-order valence-corrected chi connectivity index (χ1v) is 6.14. The van der Waals surface area contributed by atoms with Gasteiger partial charge in [0.1, 0.15) is 0 Å². The Morgan fingerprint density at radius 3 is 2.80 bits per heavy atom. The Morgan fingerprint density at radius 2 is 2.15 bits per heavy atom. The molecule has 1 heterocycles. The van der Waals surface area contributed by atoms with Crippen molar-refractivity contribution in [1.29, 1.82) is 0 Å². The first-order valence-electron chi connectivity index (χ1n) is 5.35. The zero-order valence-electron chi connectivity index (χ0n) is 9.84. The van der Waals surface area contributed by atoms with Gasteiger partial charge in [0.25, 0.3) is 11.6 Å². The summed E-state index contributed by atoms with van der Waals surface area (Å²) in [5.41, 5.74) is -0.256. The molecule has 20 heavy (non-hydrogen) atoms. The number of pyridine rings is 1. The summed E-state index contributed by atoms with van der Waals surface area (Å²) < 4.78 is 13.8. The molecule has 2 rings (SSSR count). The number of hydrogen-bond donors (Lipinski definition) is 1. The number of carbonyl (C=O) groups is 1. The maximum atomic E-state index is 13.4. The van der Waals surface area contributed by atoms with Gasteiger partial charge >= 0.3 is 0 Å². The van der Waals surface area contributed by atoms with E-state index in [1.54, 1.807) is 0 Å². The van der Waals surface area contributed by atoms with Crippen LogP contribution in [0.25, 0.3) is 0 Å². The molecule has 1 aromatic carbocycles. The Labute approximate surface area is 120 Å². The fourth-order valence-electron chi connectivity index (χ4n) is 1.47. The molecule has 0 atom stereocenters. The molecule has 2 aromatic rings. The first kappa shape index (κ1) is 14.1. The second-order valence-electron chi connectivity index (χ2n) is 3.72. The number of nitrogens with zero attached hydrogens (tertiary/aromatic N) is 2. The van der Waals surface area contributed by atoms with Crippen molar-refractivity contribution in [3.63, 3.8) is 0 Å². The van der Waals surface area contributed by atoms with Crippen LogP contribution < -0.4 is 5.32 Å². The molecule has 0 radical (unpaired) electrons. The lowest BCUT2D eigenvalue weighted by molar-refractivity contribution is -0.384. The van der Waals surface area contributed by atoms with E-state index in [0.717, 1.165) is 0 Å². The van der Waals surface area contributed by atoms with Gasteiger partial charge in [0.05, 0.1) is 16.2 Å². The van der Waals surface area contributed by atoms with E-state index in [0.29, 0.717) is 4.47 Å². The predicted octanol–water partition coefficient (Wildman–Crippen LogP) is 3.14. The van der Waals surface area contributed by atoms with Crippen molar-refractivity contribution in [1.82, 2.24) is 4.98 Å². The van der Waals surface area contributed by atoms with Crippen molar-refractivity contribution in [2.75, 3.05) is 5.32 Å². The summed E-state index contributed by atoms with van der Waals surface area (Å²) >= 11 is 3.15. The molecule has 1 aromatic heterocycles. The Kier molecular flexibility index (Phi) is 4.04. The summed E-state index contributed by atoms with van der Waals surface area (Å²) in [5.74, 6) is -1.65. The number of aromatic nitrogens is 1. The van der Waals surface area contributed by atoms with Crippen LogP contribution in [0.2, 0.25) is 0 Å². The SMILES string of the molecule is O=C(Nc1cc([N+](=O)[O-])ccc1Br)c1cccnc1F. The number of nitro benzene ring substituents is 1. The van der Waals surface area contributed by atoms with Crippen molar-refractivity contribution < 1.29 is 14.1 Å². The van der Waals surface area contributed by atoms with Crippen LogP contribution in [0.15, 0.2) is 41.0 Å². The molecular weight excluding hydrogens is 333 g/mol. The summed E-state index contributed by atoms with van der Waals surface area (Å²) in [6.45, 7) is 0. The molecule has 1 amide bonds. The lowest BCUT2D eigenvalue weighted by atomic mass is 10.2. The maximum Gasteiger partial charge on any atom is 0.271 e. The molecule has 0 saturated heterocycles. The fraction of sp³-hybridized carbons (Fsp3) is 0. The lowest BCUT2D eigenvalue weighted by Gasteiger charge is -2.07. The number of hydrogen-bond acceptors (Lipinski definition) is 4. The number of non-ortho nitro benzene ring substituents is 1. The Hall–Kier alpha value is -2.35. The van der Waals surface area contributed by atoms with Crippen LogP contribution in [0, 0.1) is 16.1 Å². The van der Waals surface area contributed by atoms with Crippen LogP contribution in [0.5, 0.6) is 0 Å². The average molecular weight is 340 g/mol. The predicted molar refractivity (Wildman–Crippen MR) is 72.9 cm³/mol. The molecule has 0 spiro atoms. The third-order valence-corrected chi connectivity index (χ3v) is 3.10. The number of nitrogens with one attached hydrogen (secondary N) is 1. The van der Waals surface area contributed by atoms with E-state index in [1.165, 1.54) is 36.5 Å². The quantitative estimate of drug-likeness (QED) is 0.528. The van der Waals surface area contributed by atoms with Gasteiger partial charge < -0.3 is 5.32 Å². The Bertz CT molecular complexity index is 693. The Balaban J connectivity index is 2.30. The molecule has 0 aliphatic carbocycles. The number of nitro groups is 1. The van der Waals surface area contributed by atoms with Gasteiger partial charge in [0, 0.05) is 22.8 Å². The smallest absolute Gasteiger partial charge is 0.271 e. The number of anilines is 1. The van der Waals surface area contributed by atoms with Crippen molar-refractivity contribution in [3.8, 4) is 0 Å². The normalized spacial score (nSPS) is 10.1. The summed E-state index contributed by atoms with van der Waals surface area (Å²) in [6.07, 6.45) is 1.22. The standard InChI is InChI=1S/C12H7BrFN3O3/c13-9-4-3-7(17(19)20)6-10(9)16-12(18)8-2-1-5-15-11(8)14/h1-6H,(H,16,18). The molecule has 102 valence electrons. The van der Waals surface area contributed by atoms with Gasteiger partial charge in [-0.3, -0.25) is 14.9 Å². The molecule has 6 nitrogen and oxygen atoms in total. The van der Waals surface area contributed by atoms with Crippen LogP contribution in [0.3, 0.4) is 0 Å². The molecule has 1 N–H and O–H groups in total. The second-order valence-corrected chi connectivity index (χ2v) is 4.57. The van der Waals surface area contributed by atoms with E-state index in [4.69, 9.17) is 0 Å². The van der Waals surface area contributed by atoms with E-state index in [-0.39, 0.29) is 16.9 Å². The number of benzene rings is 1. The highest BCUT2D eigenvalue weighted by molar-refractivity contribution is 9.10. The largest absolute Gasteiger partial charge is 0.321 e. The third kappa shape index (κ3) is 2.97. The molecule has 0 saturated carbocycles. The van der Waals surface area contributed by atoms with Gasteiger partial charge in [-0.05, 0) is 34.1 Å². The van der Waals surface area contributed by atoms with Crippen LogP contribution in [0.1, 0.15) is 10.4 Å². The highest BCUT2D eigenvalue weighted by atomic mass is 79.9. The number of rotatable bonds is 3. The molecule has 0 fully saturated rings. The lowest BCUT2D eigenvalue weighted by Crippen LogP contribution is -2.14. The minimum atomic E-state index is -0.911. The first-order chi connectivity index (χ1) is 9.49. The van der Waals surface area contributed by atoms with Gasteiger partial charge in [-0.2, -0.15) is 4.39 Å². The molecular formula is C12H7BrFN3O3. The average Bonchev–Trinajstić information content (AvgIpc) is 2.41. The van der Waals surface area contributed by atoms with E-state index >= 15 is 0 Å². The molecule has 0 aliphatic rings. The number of amides is 1. The summed E-state index contributed by atoms with van der Waals surface area (Å²) in [6, 6.07) is 6.57. The zero-order chi connectivity index (χ0) is 14.7. The highest BCUT2D eigenvalue weighted by Crippen LogP contribution is 2.27. The van der Waals surface area contributed by atoms with Crippen molar-refractivity contribution >= 4 is 33.2 Å². The Morgan fingerprint density at radius 1 is 1.40 bits per heavy atom. The summed E-state index contributed by atoms with van der Waals surface area (Å²) in [4.78, 5) is 25.3. The number of halogens is 2. The van der Waals surface area contributed by atoms with Gasteiger partial charge in [0.15, 0.2) is 0 Å². The van der Waals surface area contributed by atoms with Gasteiger partial charge in [-0.25, -0.2) is 4.98 Å². The van der Waals surface area contributed by atoms with Gasteiger partial charge in [0.2, 0.25) is 5.95 Å². The second kappa shape index (κ2) is 5.74. The van der Waals surface area contributed by atoms with Crippen LogP contribution in [0.4, 0.5) is 15.8 Å². The minimum Gasteiger partial charge on any atom is -0.321 e. The minimum absolute atomic E-state index is 0.174. The highest BCUT2D eigenvalue weighted by Gasteiger charge is 2.15. The van der Waals surface area contributed by atoms with Crippen molar-refractivity contribution in [2.24, 2.45) is 0 Å². The van der Waals surface area contributed by atoms with Gasteiger partial charge in [-0.1, -0.05) is 0 Å². The zero-order valence-corrected chi connectivity index (χ0v) is 11.4. The monoisotopic (exact) mass is 339 g/mol. The number of carbonyl (C=O) groups excluding carboxylic acids is 1. The molecule has 0 bridgehead atoms. The van der Waals surface area contributed by atoms with E-state index in [9.17, 15) is 19.3 Å². The summed E-state index contributed by atoms with van der Waals surface area (Å²) in [7, 11) is 0. The maximum absolute atomic E-state index is 13.4. The summed E-state index contributed by atoms with van der Waals surface area (Å²) in [5, 5.41) is 13.1. The molecule has 8 heteroatoms. The van der Waals surface area contributed by atoms with Crippen LogP contribution in [-0.2, 0) is 0 Å². The van der Waals surface area contributed by atoms with Crippen LogP contribution >= 0.6 is 15.9 Å². The van der Waals surface area contributed by atoms with E-state index in [2.05, 4.69) is 26.2 Å². The van der Waals surface area contributed by atoms with Gasteiger partial charge in [-0.15, -0.1) is 0 Å².